The molecular formula is C17H13NO5. The average molecular weight is 311 g/mol. The molecule has 3 rings (SSSR count). The largest absolute Gasteiger partial charge is 0.504 e. The number of phenols is 1. The van der Waals surface area contributed by atoms with Crippen molar-refractivity contribution in [1.29, 1.82) is 0 Å². The SMILES string of the molecule is COc1cc(/C=C2/Cc3ccccc3C2=O)c([N+](=O)[O-])cc1O. The lowest BCUT2D eigenvalue weighted by atomic mass is 10.1. The van der Waals surface area contributed by atoms with Crippen molar-refractivity contribution in [2.75, 3.05) is 7.11 Å². The second-order valence-electron chi connectivity index (χ2n) is 5.17. The number of carbonyl (C=O) groups is 1. The predicted octanol–water partition coefficient (Wildman–Crippen LogP) is 3.13. The van der Waals surface area contributed by atoms with Crippen LogP contribution in [0, 0.1) is 10.1 Å². The molecule has 0 amide bonds. The molecule has 0 bridgehead atoms. The highest BCUT2D eigenvalue weighted by atomic mass is 16.6. The zero-order valence-corrected chi connectivity index (χ0v) is 12.3. The first-order valence-electron chi connectivity index (χ1n) is 6.90. The number of benzene rings is 2. The Labute approximate surface area is 131 Å². The maximum Gasteiger partial charge on any atom is 0.280 e. The number of ether oxygens (including phenoxy) is 1. The number of aromatic hydroxyl groups is 1. The Hall–Kier alpha value is -3.15. The Bertz CT molecular complexity index is 854. The highest BCUT2D eigenvalue weighted by molar-refractivity contribution is 6.15. The normalized spacial score (nSPS) is 14.8. The molecule has 23 heavy (non-hydrogen) atoms. The van der Waals surface area contributed by atoms with Gasteiger partial charge in [-0.1, -0.05) is 24.3 Å². The monoisotopic (exact) mass is 311 g/mol. The molecular weight excluding hydrogens is 298 g/mol. The van der Waals surface area contributed by atoms with Crippen molar-refractivity contribution in [3.8, 4) is 11.5 Å². The standard InChI is InChI=1S/C17H13NO5/c1-23-16-8-11(14(18(21)22)9-15(16)19)7-12-6-10-4-2-3-5-13(10)17(12)20/h2-5,7-9,19H,6H2,1H3/b12-7-. The molecule has 6 nitrogen and oxygen atoms in total. The number of methoxy groups -OCH3 is 1. The topological polar surface area (TPSA) is 89.7 Å². The number of Topliss-reactive ketones (excluding diaryl/α,β-unsaturated/α-hetero) is 1. The van der Waals surface area contributed by atoms with Gasteiger partial charge < -0.3 is 9.84 Å². The van der Waals surface area contributed by atoms with E-state index in [1.807, 2.05) is 12.1 Å². The van der Waals surface area contributed by atoms with Crippen molar-refractivity contribution in [2.45, 2.75) is 6.42 Å². The molecule has 0 radical (unpaired) electrons. The van der Waals surface area contributed by atoms with E-state index >= 15 is 0 Å². The third-order valence-corrected chi connectivity index (χ3v) is 3.79. The van der Waals surface area contributed by atoms with Crippen LogP contribution >= 0.6 is 0 Å². The van der Waals surface area contributed by atoms with E-state index in [4.69, 9.17) is 4.74 Å². The van der Waals surface area contributed by atoms with E-state index in [1.54, 1.807) is 12.1 Å². The van der Waals surface area contributed by atoms with Gasteiger partial charge in [0.05, 0.1) is 23.7 Å². The maximum absolute atomic E-state index is 12.4. The van der Waals surface area contributed by atoms with Crippen LogP contribution in [0.15, 0.2) is 42.0 Å². The van der Waals surface area contributed by atoms with Gasteiger partial charge in [-0.25, -0.2) is 0 Å². The second-order valence-corrected chi connectivity index (χ2v) is 5.17. The second kappa shape index (κ2) is 5.57. The van der Waals surface area contributed by atoms with Crippen LogP contribution in [0.2, 0.25) is 0 Å². The number of hydrogen-bond donors (Lipinski definition) is 1. The van der Waals surface area contributed by atoms with Crippen LogP contribution in [-0.2, 0) is 6.42 Å². The van der Waals surface area contributed by atoms with Crippen molar-refractivity contribution in [2.24, 2.45) is 0 Å². The number of ketones is 1. The molecule has 0 fully saturated rings. The molecule has 116 valence electrons. The Morgan fingerprint density at radius 3 is 2.70 bits per heavy atom. The number of allylic oxidation sites excluding steroid dienone is 1. The van der Waals surface area contributed by atoms with Crippen LogP contribution in [0.5, 0.6) is 11.5 Å². The summed E-state index contributed by atoms with van der Waals surface area (Å²) in [6.45, 7) is 0. The minimum Gasteiger partial charge on any atom is -0.504 e. The summed E-state index contributed by atoms with van der Waals surface area (Å²) in [6, 6.07) is 9.62. The molecule has 0 saturated heterocycles. The number of phenolic OH excluding ortho intramolecular Hbond substituents is 1. The Morgan fingerprint density at radius 2 is 2.04 bits per heavy atom. The minimum absolute atomic E-state index is 0.116. The van der Waals surface area contributed by atoms with Gasteiger partial charge in [-0.05, 0) is 17.7 Å². The van der Waals surface area contributed by atoms with E-state index in [0.717, 1.165) is 11.6 Å². The molecule has 0 atom stereocenters. The van der Waals surface area contributed by atoms with E-state index in [-0.39, 0.29) is 28.5 Å². The van der Waals surface area contributed by atoms with E-state index in [9.17, 15) is 20.0 Å². The van der Waals surface area contributed by atoms with E-state index < -0.39 is 4.92 Å². The first kappa shape index (κ1) is 14.8. The van der Waals surface area contributed by atoms with Gasteiger partial charge in [0.1, 0.15) is 0 Å². The van der Waals surface area contributed by atoms with Crippen LogP contribution in [0.1, 0.15) is 21.5 Å². The minimum atomic E-state index is -0.599. The van der Waals surface area contributed by atoms with Gasteiger partial charge in [-0.3, -0.25) is 14.9 Å². The van der Waals surface area contributed by atoms with Crippen LogP contribution in [0.4, 0.5) is 5.69 Å². The number of nitro benzene ring substituents is 1. The van der Waals surface area contributed by atoms with E-state index in [1.165, 1.54) is 19.3 Å². The molecule has 6 heteroatoms. The first-order chi connectivity index (χ1) is 11.0. The molecule has 0 saturated carbocycles. The van der Waals surface area contributed by atoms with Crippen LogP contribution < -0.4 is 4.74 Å². The highest BCUT2D eigenvalue weighted by Crippen LogP contribution is 2.36. The lowest BCUT2D eigenvalue weighted by molar-refractivity contribution is -0.385. The summed E-state index contributed by atoms with van der Waals surface area (Å²) >= 11 is 0. The molecule has 1 N–H and O–H groups in total. The molecule has 0 spiro atoms. The Morgan fingerprint density at radius 1 is 1.30 bits per heavy atom. The zero-order valence-electron chi connectivity index (χ0n) is 12.3. The fourth-order valence-electron chi connectivity index (χ4n) is 2.67. The maximum atomic E-state index is 12.4. The molecule has 0 heterocycles. The number of nitrogens with zero attached hydrogens (tertiary/aromatic N) is 1. The molecule has 2 aromatic carbocycles. The number of rotatable bonds is 3. The summed E-state index contributed by atoms with van der Waals surface area (Å²) in [7, 11) is 1.36. The van der Waals surface area contributed by atoms with Gasteiger partial charge in [-0.2, -0.15) is 0 Å². The van der Waals surface area contributed by atoms with Crippen LogP contribution in [-0.4, -0.2) is 22.9 Å². The van der Waals surface area contributed by atoms with E-state index in [0.29, 0.717) is 17.6 Å². The summed E-state index contributed by atoms with van der Waals surface area (Å²) in [5, 5.41) is 20.9. The average Bonchev–Trinajstić information content (AvgIpc) is 2.85. The molecule has 0 aliphatic heterocycles. The molecule has 0 aromatic heterocycles. The highest BCUT2D eigenvalue weighted by Gasteiger charge is 2.26. The van der Waals surface area contributed by atoms with Crippen molar-refractivity contribution in [3.05, 3.63) is 68.8 Å². The Balaban J connectivity index is 2.10. The van der Waals surface area contributed by atoms with Crippen LogP contribution in [0.25, 0.3) is 6.08 Å². The number of hydrogen-bond acceptors (Lipinski definition) is 5. The smallest absolute Gasteiger partial charge is 0.280 e. The Kier molecular flexibility index (Phi) is 3.57. The quantitative estimate of drug-likeness (QED) is 0.534. The van der Waals surface area contributed by atoms with Gasteiger partial charge in [-0.15, -0.1) is 0 Å². The molecule has 0 unspecified atom stereocenters. The summed E-state index contributed by atoms with van der Waals surface area (Å²) in [5.74, 6) is -0.338. The molecule has 1 aliphatic carbocycles. The van der Waals surface area contributed by atoms with Gasteiger partial charge in [0.25, 0.3) is 5.69 Å². The van der Waals surface area contributed by atoms with Gasteiger partial charge >= 0.3 is 0 Å². The molecule has 1 aliphatic rings. The summed E-state index contributed by atoms with van der Waals surface area (Å²) in [5.41, 5.74) is 1.94. The number of fused-ring (bicyclic) bond motifs is 1. The fourth-order valence-corrected chi connectivity index (χ4v) is 2.67. The third-order valence-electron chi connectivity index (χ3n) is 3.79. The van der Waals surface area contributed by atoms with Crippen molar-refractivity contribution < 1.29 is 19.6 Å². The lowest BCUT2D eigenvalue weighted by Gasteiger charge is -2.06. The third kappa shape index (κ3) is 2.55. The molecule has 2 aromatic rings. The fraction of sp³-hybridized carbons (Fsp3) is 0.118. The zero-order chi connectivity index (χ0) is 16.6. The van der Waals surface area contributed by atoms with Crippen molar-refractivity contribution in [3.63, 3.8) is 0 Å². The van der Waals surface area contributed by atoms with Gasteiger partial charge in [0.2, 0.25) is 0 Å². The summed E-state index contributed by atoms with van der Waals surface area (Å²) in [4.78, 5) is 23.0. The summed E-state index contributed by atoms with van der Waals surface area (Å²) in [6.07, 6.45) is 1.91. The number of carbonyl (C=O) groups excluding carboxylic acids is 1. The van der Waals surface area contributed by atoms with Crippen molar-refractivity contribution >= 4 is 17.5 Å². The van der Waals surface area contributed by atoms with Crippen molar-refractivity contribution in [1.82, 2.24) is 0 Å². The van der Waals surface area contributed by atoms with Gasteiger partial charge in [0.15, 0.2) is 17.3 Å². The van der Waals surface area contributed by atoms with Gasteiger partial charge in [0, 0.05) is 17.6 Å². The van der Waals surface area contributed by atoms with Crippen LogP contribution in [0.3, 0.4) is 0 Å². The number of nitro groups is 1. The van der Waals surface area contributed by atoms with E-state index in [2.05, 4.69) is 0 Å². The summed E-state index contributed by atoms with van der Waals surface area (Å²) < 4.78 is 4.99. The predicted molar refractivity (Wildman–Crippen MR) is 83.8 cm³/mol. The lowest BCUT2D eigenvalue weighted by Crippen LogP contribution is -1.98. The first-order valence-corrected chi connectivity index (χ1v) is 6.90.